The van der Waals surface area contributed by atoms with Crippen molar-refractivity contribution >= 4 is 0 Å². The fourth-order valence-electron chi connectivity index (χ4n) is 1.04. The Hall–Kier alpha value is -1.64. The van der Waals surface area contributed by atoms with Crippen LogP contribution in [0.3, 0.4) is 0 Å². The van der Waals surface area contributed by atoms with Gasteiger partial charge in [-0.05, 0) is 6.07 Å². The minimum Gasteiger partial charge on any atom is -0.496 e. The van der Waals surface area contributed by atoms with Crippen LogP contribution < -0.4 is 4.74 Å². The summed E-state index contributed by atoms with van der Waals surface area (Å²) in [4.78, 5) is 3.77. The first-order valence-corrected chi connectivity index (χ1v) is 3.94. The van der Waals surface area contributed by atoms with E-state index in [9.17, 15) is 5.11 Å². The monoisotopic (exact) mass is 194 g/mol. The van der Waals surface area contributed by atoms with Crippen LogP contribution in [0.25, 0.3) is 0 Å². The lowest BCUT2D eigenvalue weighted by Crippen LogP contribution is -2.16. The molecule has 0 aliphatic rings. The van der Waals surface area contributed by atoms with Crippen molar-refractivity contribution < 1.29 is 14.9 Å². The van der Waals surface area contributed by atoms with Crippen molar-refractivity contribution in [2.75, 3.05) is 7.11 Å². The molecule has 0 radical (unpaired) electrons. The van der Waals surface area contributed by atoms with E-state index in [2.05, 4.69) is 4.98 Å². The molecule has 5 nitrogen and oxygen atoms in total. The summed E-state index contributed by atoms with van der Waals surface area (Å²) in [5.74, 6) is 0.391. The number of hydrogen-bond acceptors (Lipinski definition) is 5. The summed E-state index contributed by atoms with van der Waals surface area (Å²) in [5, 5.41) is 27.0. The van der Waals surface area contributed by atoms with Gasteiger partial charge in [0, 0.05) is 18.0 Å². The molecule has 0 saturated carbocycles. The van der Waals surface area contributed by atoms with Gasteiger partial charge in [0.1, 0.15) is 11.9 Å². The first-order chi connectivity index (χ1) is 6.70. The molecule has 0 spiro atoms. The van der Waals surface area contributed by atoms with Gasteiger partial charge in [0.15, 0.2) is 6.10 Å². The highest BCUT2D eigenvalue weighted by atomic mass is 16.5. The van der Waals surface area contributed by atoms with Crippen LogP contribution in [0.4, 0.5) is 0 Å². The Morgan fingerprint density at radius 1 is 1.57 bits per heavy atom. The molecule has 0 aliphatic carbocycles. The highest BCUT2D eigenvalue weighted by molar-refractivity contribution is 5.33. The van der Waals surface area contributed by atoms with Gasteiger partial charge in [0.25, 0.3) is 0 Å². The quantitative estimate of drug-likeness (QED) is 0.662. The van der Waals surface area contributed by atoms with E-state index >= 15 is 0 Å². The van der Waals surface area contributed by atoms with Crippen molar-refractivity contribution in [3.05, 3.63) is 24.0 Å². The van der Waals surface area contributed by atoms with Crippen molar-refractivity contribution in [3.8, 4) is 11.8 Å². The summed E-state index contributed by atoms with van der Waals surface area (Å²) in [6, 6.07) is 3.08. The van der Waals surface area contributed by atoms with E-state index < -0.39 is 12.2 Å². The first-order valence-electron chi connectivity index (χ1n) is 3.94. The largest absolute Gasteiger partial charge is 0.496 e. The molecule has 0 bridgehead atoms. The second-order valence-electron chi connectivity index (χ2n) is 2.64. The average Bonchev–Trinajstić information content (AvgIpc) is 2.26. The molecular weight excluding hydrogens is 184 g/mol. The Balaban J connectivity index is 3.00. The van der Waals surface area contributed by atoms with Crippen molar-refractivity contribution in [1.29, 1.82) is 5.26 Å². The normalized spacial score (nSPS) is 14.1. The van der Waals surface area contributed by atoms with Crippen LogP contribution in [0.15, 0.2) is 18.5 Å². The molecule has 0 fully saturated rings. The number of aliphatic hydroxyl groups is 2. The van der Waals surface area contributed by atoms with Gasteiger partial charge in [-0.2, -0.15) is 5.26 Å². The number of rotatable bonds is 3. The average molecular weight is 194 g/mol. The van der Waals surface area contributed by atoms with E-state index in [4.69, 9.17) is 15.1 Å². The van der Waals surface area contributed by atoms with Crippen LogP contribution in [0.2, 0.25) is 0 Å². The molecule has 0 saturated heterocycles. The van der Waals surface area contributed by atoms with Crippen LogP contribution in [0.5, 0.6) is 5.75 Å². The van der Waals surface area contributed by atoms with Gasteiger partial charge < -0.3 is 14.9 Å². The lowest BCUT2D eigenvalue weighted by atomic mass is 10.1. The Kier molecular flexibility index (Phi) is 3.40. The van der Waals surface area contributed by atoms with Gasteiger partial charge in [-0.25, -0.2) is 0 Å². The van der Waals surface area contributed by atoms with Crippen LogP contribution in [0.1, 0.15) is 11.7 Å². The molecule has 2 unspecified atom stereocenters. The van der Waals surface area contributed by atoms with Gasteiger partial charge in [-0.15, -0.1) is 0 Å². The number of hydrogen-bond donors (Lipinski definition) is 2. The van der Waals surface area contributed by atoms with Crippen molar-refractivity contribution in [3.63, 3.8) is 0 Å². The molecule has 0 aromatic carbocycles. The zero-order valence-corrected chi connectivity index (χ0v) is 7.58. The third-order valence-corrected chi connectivity index (χ3v) is 1.78. The molecule has 5 heteroatoms. The molecular formula is C9H10N2O3. The number of methoxy groups -OCH3 is 1. The van der Waals surface area contributed by atoms with Gasteiger partial charge in [-0.1, -0.05) is 0 Å². The maximum atomic E-state index is 9.51. The molecule has 0 aliphatic heterocycles. The molecule has 2 atom stereocenters. The Bertz CT molecular complexity index is 348. The summed E-state index contributed by atoms with van der Waals surface area (Å²) < 4.78 is 4.94. The highest BCUT2D eigenvalue weighted by Gasteiger charge is 2.21. The fraction of sp³-hybridized carbons (Fsp3) is 0.333. The Morgan fingerprint density at radius 3 is 2.86 bits per heavy atom. The second-order valence-corrected chi connectivity index (χ2v) is 2.64. The van der Waals surface area contributed by atoms with Gasteiger partial charge in [0.2, 0.25) is 0 Å². The molecule has 1 rings (SSSR count). The van der Waals surface area contributed by atoms with E-state index in [1.165, 1.54) is 25.6 Å². The van der Waals surface area contributed by atoms with Gasteiger partial charge in [0.05, 0.1) is 13.2 Å². The lowest BCUT2D eigenvalue weighted by Gasteiger charge is -2.14. The zero-order chi connectivity index (χ0) is 10.6. The molecule has 1 heterocycles. The van der Waals surface area contributed by atoms with Gasteiger partial charge in [-0.3, -0.25) is 4.98 Å². The predicted octanol–water partition coefficient (Wildman–Crippen LogP) is 0.00808. The molecule has 74 valence electrons. The summed E-state index contributed by atoms with van der Waals surface area (Å²) >= 11 is 0. The highest BCUT2D eigenvalue weighted by Crippen LogP contribution is 2.25. The third kappa shape index (κ3) is 1.99. The number of pyridine rings is 1. The van der Waals surface area contributed by atoms with Crippen LogP contribution in [0, 0.1) is 11.3 Å². The van der Waals surface area contributed by atoms with Crippen LogP contribution in [-0.4, -0.2) is 28.4 Å². The van der Waals surface area contributed by atoms with Crippen LogP contribution in [-0.2, 0) is 0 Å². The molecule has 1 aromatic heterocycles. The predicted molar refractivity (Wildman–Crippen MR) is 47.4 cm³/mol. The van der Waals surface area contributed by atoms with E-state index in [1.807, 2.05) is 0 Å². The minimum absolute atomic E-state index is 0.295. The molecule has 2 N–H and O–H groups in total. The van der Waals surface area contributed by atoms with Crippen molar-refractivity contribution in [1.82, 2.24) is 4.98 Å². The summed E-state index contributed by atoms with van der Waals surface area (Å²) in [6.07, 6.45) is 0.0643. The standard InChI is InChI=1S/C9H10N2O3/c1-14-8-2-3-11-5-6(8)9(13)7(12)4-10/h2-3,5,7,9,12-13H,1H3. The zero-order valence-electron chi connectivity index (χ0n) is 7.58. The third-order valence-electron chi connectivity index (χ3n) is 1.78. The van der Waals surface area contributed by atoms with E-state index in [0.717, 1.165) is 0 Å². The van der Waals surface area contributed by atoms with E-state index in [1.54, 1.807) is 6.07 Å². The summed E-state index contributed by atoms with van der Waals surface area (Å²) in [5.41, 5.74) is 0.295. The summed E-state index contributed by atoms with van der Waals surface area (Å²) in [6.45, 7) is 0. The number of aliphatic hydroxyl groups excluding tert-OH is 2. The number of nitrogens with zero attached hydrogens (tertiary/aromatic N) is 2. The molecule has 0 amide bonds. The topological polar surface area (TPSA) is 86.4 Å². The van der Waals surface area contributed by atoms with Crippen molar-refractivity contribution in [2.45, 2.75) is 12.2 Å². The number of nitriles is 1. The van der Waals surface area contributed by atoms with Crippen LogP contribution >= 0.6 is 0 Å². The fourth-order valence-corrected chi connectivity index (χ4v) is 1.04. The minimum atomic E-state index is -1.48. The summed E-state index contributed by atoms with van der Waals surface area (Å²) in [7, 11) is 1.43. The van der Waals surface area contributed by atoms with E-state index in [0.29, 0.717) is 11.3 Å². The maximum Gasteiger partial charge on any atom is 0.170 e. The number of ether oxygens (including phenoxy) is 1. The smallest absolute Gasteiger partial charge is 0.170 e. The van der Waals surface area contributed by atoms with Gasteiger partial charge >= 0.3 is 0 Å². The Morgan fingerprint density at radius 2 is 2.29 bits per heavy atom. The van der Waals surface area contributed by atoms with E-state index in [-0.39, 0.29) is 0 Å². The lowest BCUT2D eigenvalue weighted by molar-refractivity contribution is 0.0508. The molecule has 14 heavy (non-hydrogen) atoms. The number of aromatic nitrogens is 1. The first kappa shape index (κ1) is 10.4. The van der Waals surface area contributed by atoms with Crippen molar-refractivity contribution in [2.24, 2.45) is 0 Å². The molecule has 1 aromatic rings. The maximum absolute atomic E-state index is 9.51. The SMILES string of the molecule is COc1ccncc1C(O)C(O)C#N. The second kappa shape index (κ2) is 4.56. The Labute approximate surface area is 81.2 Å².